The van der Waals surface area contributed by atoms with Crippen molar-refractivity contribution in [3.8, 4) is 34.7 Å². The van der Waals surface area contributed by atoms with Gasteiger partial charge in [0, 0.05) is 11.1 Å². The minimum atomic E-state index is 0.0871. The molecule has 0 aliphatic rings. The normalized spacial score (nSPS) is 12.3. The summed E-state index contributed by atoms with van der Waals surface area (Å²) in [7, 11) is 0. The largest absolute Gasteiger partial charge is 0.412 e. The lowest BCUT2D eigenvalue weighted by molar-refractivity contribution is 0.521. The first-order chi connectivity index (χ1) is 14.1. The summed E-state index contributed by atoms with van der Waals surface area (Å²) in [6.07, 6.45) is 0. The van der Waals surface area contributed by atoms with Crippen molar-refractivity contribution >= 4 is 0 Å². The fourth-order valence-corrected chi connectivity index (χ4v) is 3.08. The Morgan fingerprint density at radius 3 is 1.07 bits per heavy atom. The van der Waals surface area contributed by atoms with Gasteiger partial charge in [0.15, 0.2) is 0 Å². The van der Waals surface area contributed by atoms with Crippen LogP contribution in [-0.2, 0) is 10.8 Å². The third-order valence-electron chi connectivity index (χ3n) is 5.03. The van der Waals surface area contributed by atoms with Crippen LogP contribution in [-0.4, -0.2) is 20.4 Å². The molecule has 4 rings (SSSR count). The highest BCUT2D eigenvalue weighted by atomic mass is 16.4. The van der Waals surface area contributed by atoms with Crippen LogP contribution in [0.25, 0.3) is 34.7 Å². The Labute approximate surface area is 176 Å². The quantitative estimate of drug-likeness (QED) is 0.415. The van der Waals surface area contributed by atoms with E-state index < -0.39 is 0 Å². The van der Waals surface area contributed by atoms with E-state index in [1.807, 2.05) is 24.3 Å². The van der Waals surface area contributed by atoms with E-state index in [2.05, 4.69) is 86.2 Å². The predicted molar refractivity (Wildman–Crippen MR) is 116 cm³/mol. The van der Waals surface area contributed by atoms with Crippen molar-refractivity contribution in [1.82, 2.24) is 20.4 Å². The molecule has 2 heterocycles. The van der Waals surface area contributed by atoms with Crippen molar-refractivity contribution in [2.75, 3.05) is 0 Å². The van der Waals surface area contributed by atoms with Crippen LogP contribution in [0.1, 0.15) is 52.7 Å². The number of rotatable bonds is 3. The maximum Gasteiger partial charge on any atom is 0.306 e. The van der Waals surface area contributed by atoms with Crippen LogP contribution in [0, 0.1) is 0 Å². The predicted octanol–water partition coefficient (Wildman–Crippen LogP) is 6.05. The molecule has 0 spiro atoms. The molecule has 0 fully saturated rings. The molecule has 0 radical (unpaired) electrons. The molecule has 2 aromatic heterocycles. The number of aromatic nitrogens is 4. The van der Waals surface area contributed by atoms with Crippen LogP contribution in [0.4, 0.5) is 0 Å². The molecule has 0 amide bonds. The molecule has 2 aromatic carbocycles. The molecule has 0 bridgehead atoms. The highest BCUT2D eigenvalue weighted by molar-refractivity contribution is 5.57. The van der Waals surface area contributed by atoms with Crippen LogP contribution in [0.3, 0.4) is 0 Å². The lowest BCUT2D eigenvalue weighted by Gasteiger charge is -2.18. The highest BCUT2D eigenvalue weighted by Crippen LogP contribution is 2.29. The van der Waals surface area contributed by atoms with E-state index in [9.17, 15) is 0 Å². The molecule has 4 aromatic rings. The molecule has 0 saturated carbocycles. The van der Waals surface area contributed by atoms with Crippen LogP contribution in [0.5, 0.6) is 0 Å². The molecule has 0 aliphatic heterocycles. The standard InChI is InChI=1S/C24H26N4O2/c1-23(2,3)17-11-7-15(8-12-17)19-25-27-21(29-19)22-28-26-20(30-22)16-9-13-18(14-10-16)24(4,5)6/h7-14H,1-6H3. The van der Waals surface area contributed by atoms with E-state index in [0.29, 0.717) is 11.8 Å². The Hall–Kier alpha value is -3.28. The van der Waals surface area contributed by atoms with Gasteiger partial charge < -0.3 is 8.83 Å². The first-order valence-electron chi connectivity index (χ1n) is 10.0. The van der Waals surface area contributed by atoms with Gasteiger partial charge in [0.05, 0.1) is 0 Å². The minimum absolute atomic E-state index is 0.0871. The fourth-order valence-electron chi connectivity index (χ4n) is 3.08. The van der Waals surface area contributed by atoms with Gasteiger partial charge in [-0.15, -0.1) is 20.4 Å². The molecule has 6 heteroatoms. The third kappa shape index (κ3) is 4.03. The zero-order valence-electron chi connectivity index (χ0n) is 18.2. The van der Waals surface area contributed by atoms with Crippen LogP contribution in [0.15, 0.2) is 57.4 Å². The first-order valence-corrected chi connectivity index (χ1v) is 10.0. The van der Waals surface area contributed by atoms with Gasteiger partial charge in [-0.3, -0.25) is 0 Å². The average Bonchev–Trinajstić information content (AvgIpc) is 3.36. The van der Waals surface area contributed by atoms with E-state index in [1.165, 1.54) is 11.1 Å². The van der Waals surface area contributed by atoms with E-state index in [1.54, 1.807) is 0 Å². The van der Waals surface area contributed by atoms with Gasteiger partial charge in [-0.25, -0.2) is 0 Å². The molecule has 6 nitrogen and oxygen atoms in total. The molecule has 0 saturated heterocycles. The second kappa shape index (κ2) is 7.20. The Balaban J connectivity index is 1.56. The van der Waals surface area contributed by atoms with Gasteiger partial charge in [0.1, 0.15) is 0 Å². The van der Waals surface area contributed by atoms with Crippen molar-refractivity contribution < 1.29 is 8.83 Å². The SMILES string of the molecule is CC(C)(C)c1ccc(-c2nnc(-c3nnc(-c4ccc(C(C)(C)C)cc4)o3)o2)cc1. The molecule has 0 atom stereocenters. The fraction of sp³-hybridized carbons (Fsp3) is 0.333. The van der Waals surface area contributed by atoms with Gasteiger partial charge in [-0.1, -0.05) is 65.8 Å². The van der Waals surface area contributed by atoms with Gasteiger partial charge in [-0.2, -0.15) is 0 Å². The van der Waals surface area contributed by atoms with Crippen LogP contribution < -0.4 is 0 Å². The summed E-state index contributed by atoms with van der Waals surface area (Å²) in [4.78, 5) is 0. The van der Waals surface area contributed by atoms with Crippen molar-refractivity contribution in [3.63, 3.8) is 0 Å². The lowest BCUT2D eigenvalue weighted by atomic mass is 9.87. The molecule has 0 aliphatic carbocycles. The van der Waals surface area contributed by atoms with Crippen molar-refractivity contribution in [3.05, 3.63) is 59.7 Å². The summed E-state index contributed by atoms with van der Waals surface area (Å²) in [5, 5.41) is 16.4. The number of hydrogen-bond acceptors (Lipinski definition) is 6. The Bertz CT molecular complexity index is 1050. The number of nitrogens with zero attached hydrogens (tertiary/aromatic N) is 4. The van der Waals surface area contributed by atoms with Gasteiger partial charge >= 0.3 is 11.8 Å². The topological polar surface area (TPSA) is 77.8 Å². The second-order valence-electron chi connectivity index (χ2n) is 9.48. The zero-order chi connectivity index (χ0) is 21.5. The van der Waals surface area contributed by atoms with Crippen LogP contribution in [0.2, 0.25) is 0 Å². The molecular formula is C24H26N4O2. The van der Waals surface area contributed by atoms with E-state index in [4.69, 9.17) is 8.83 Å². The van der Waals surface area contributed by atoms with Crippen LogP contribution >= 0.6 is 0 Å². The maximum atomic E-state index is 5.78. The monoisotopic (exact) mass is 402 g/mol. The molecule has 0 unspecified atom stereocenters. The highest BCUT2D eigenvalue weighted by Gasteiger charge is 2.19. The lowest BCUT2D eigenvalue weighted by Crippen LogP contribution is -2.10. The molecule has 30 heavy (non-hydrogen) atoms. The minimum Gasteiger partial charge on any atom is -0.412 e. The van der Waals surface area contributed by atoms with Crippen molar-refractivity contribution in [2.45, 2.75) is 52.4 Å². The van der Waals surface area contributed by atoms with Crippen molar-refractivity contribution in [2.24, 2.45) is 0 Å². The summed E-state index contributed by atoms with van der Waals surface area (Å²) in [5.74, 6) is 1.24. The molecule has 154 valence electrons. The third-order valence-corrected chi connectivity index (χ3v) is 5.03. The number of benzene rings is 2. The van der Waals surface area contributed by atoms with E-state index >= 15 is 0 Å². The first kappa shape index (κ1) is 20.0. The summed E-state index contributed by atoms with van der Waals surface area (Å²) >= 11 is 0. The summed E-state index contributed by atoms with van der Waals surface area (Å²) < 4.78 is 11.6. The van der Waals surface area contributed by atoms with E-state index in [-0.39, 0.29) is 22.6 Å². The van der Waals surface area contributed by atoms with Gasteiger partial charge in [0.2, 0.25) is 11.8 Å². The van der Waals surface area contributed by atoms with Gasteiger partial charge in [-0.05, 0) is 46.2 Å². The Morgan fingerprint density at radius 2 is 0.767 bits per heavy atom. The van der Waals surface area contributed by atoms with Crippen molar-refractivity contribution in [1.29, 1.82) is 0 Å². The Morgan fingerprint density at radius 1 is 0.467 bits per heavy atom. The second-order valence-corrected chi connectivity index (χ2v) is 9.48. The maximum absolute atomic E-state index is 5.78. The average molecular weight is 402 g/mol. The molecule has 0 N–H and O–H groups in total. The molecular weight excluding hydrogens is 376 g/mol. The summed E-state index contributed by atoms with van der Waals surface area (Å²) in [5.41, 5.74) is 4.35. The van der Waals surface area contributed by atoms with Gasteiger partial charge in [0.25, 0.3) is 0 Å². The number of hydrogen-bond donors (Lipinski definition) is 0. The smallest absolute Gasteiger partial charge is 0.306 e. The summed E-state index contributed by atoms with van der Waals surface area (Å²) in [6.45, 7) is 13.1. The van der Waals surface area contributed by atoms with E-state index in [0.717, 1.165) is 11.1 Å². The Kier molecular flexibility index (Phi) is 4.80. The zero-order valence-corrected chi connectivity index (χ0v) is 18.2. The summed E-state index contributed by atoms with van der Waals surface area (Å²) in [6, 6.07) is 16.2.